The van der Waals surface area contributed by atoms with Crippen LogP contribution in [0.4, 0.5) is 0 Å². The molecule has 0 unspecified atom stereocenters. The monoisotopic (exact) mass is 314 g/mol. The van der Waals surface area contributed by atoms with Gasteiger partial charge < -0.3 is 19.3 Å². The summed E-state index contributed by atoms with van der Waals surface area (Å²) in [6.07, 6.45) is -0.572. The number of phenols is 1. The summed E-state index contributed by atoms with van der Waals surface area (Å²) < 4.78 is 16.2. The van der Waals surface area contributed by atoms with Crippen LogP contribution in [-0.4, -0.2) is 31.6 Å². The number of aryl methyl sites for hydroxylation is 1. The van der Waals surface area contributed by atoms with Gasteiger partial charge in [0.15, 0.2) is 0 Å². The Morgan fingerprint density at radius 1 is 1.17 bits per heavy atom. The van der Waals surface area contributed by atoms with Gasteiger partial charge in [0.25, 0.3) is 0 Å². The maximum absolute atomic E-state index is 12.1. The Balaban J connectivity index is 2.17. The van der Waals surface area contributed by atoms with Gasteiger partial charge in [-0.15, -0.1) is 0 Å². The van der Waals surface area contributed by atoms with Crippen molar-refractivity contribution in [1.29, 1.82) is 0 Å². The van der Waals surface area contributed by atoms with E-state index in [0.717, 1.165) is 16.7 Å². The van der Waals surface area contributed by atoms with Gasteiger partial charge in [0.1, 0.15) is 11.5 Å². The molecular weight excluding hydrogens is 296 g/mol. The van der Waals surface area contributed by atoms with Gasteiger partial charge in [-0.25, -0.2) is 4.79 Å². The topological polar surface area (TPSA) is 65.0 Å². The van der Waals surface area contributed by atoms with Gasteiger partial charge in [0.05, 0.1) is 18.6 Å². The van der Waals surface area contributed by atoms with E-state index in [9.17, 15) is 9.90 Å². The molecule has 5 heteroatoms. The van der Waals surface area contributed by atoms with E-state index in [1.165, 1.54) is 7.11 Å². The average Bonchev–Trinajstić information content (AvgIpc) is 2.91. The summed E-state index contributed by atoms with van der Waals surface area (Å²) in [5.41, 5.74) is 2.71. The van der Waals surface area contributed by atoms with Crippen molar-refractivity contribution in [3.63, 3.8) is 0 Å². The number of hydrogen-bond donors (Lipinski definition) is 1. The molecule has 2 aromatic carbocycles. The number of carbonyl (C=O) groups is 1. The quantitative estimate of drug-likeness (QED) is 0.882. The first kappa shape index (κ1) is 15.4. The van der Waals surface area contributed by atoms with Crippen LogP contribution < -0.4 is 4.74 Å². The van der Waals surface area contributed by atoms with Crippen molar-refractivity contribution < 1.29 is 24.1 Å². The molecule has 1 heterocycles. The second kappa shape index (κ2) is 5.93. The maximum atomic E-state index is 12.1. The SMILES string of the molecule is COC(=O)c1ccccc1[C@@H]1c2cc(O)c(C)cc2O[C@@H]1OC. The van der Waals surface area contributed by atoms with Gasteiger partial charge >= 0.3 is 5.97 Å². The van der Waals surface area contributed by atoms with Gasteiger partial charge in [-0.05, 0) is 36.2 Å². The molecule has 0 amide bonds. The molecule has 1 N–H and O–H groups in total. The van der Waals surface area contributed by atoms with Crippen LogP contribution in [0, 0.1) is 6.92 Å². The lowest BCUT2D eigenvalue weighted by Crippen LogP contribution is -2.23. The summed E-state index contributed by atoms with van der Waals surface area (Å²) in [6.45, 7) is 1.80. The van der Waals surface area contributed by atoms with Crippen LogP contribution in [0.5, 0.6) is 11.5 Å². The van der Waals surface area contributed by atoms with E-state index in [1.54, 1.807) is 38.3 Å². The largest absolute Gasteiger partial charge is 0.508 e. The van der Waals surface area contributed by atoms with Crippen LogP contribution >= 0.6 is 0 Å². The molecule has 0 saturated heterocycles. The summed E-state index contributed by atoms with van der Waals surface area (Å²) in [6, 6.07) is 10.6. The number of aromatic hydroxyl groups is 1. The van der Waals surface area contributed by atoms with E-state index < -0.39 is 12.3 Å². The van der Waals surface area contributed by atoms with E-state index in [0.29, 0.717) is 11.3 Å². The van der Waals surface area contributed by atoms with Crippen LogP contribution in [0.25, 0.3) is 0 Å². The second-order valence-corrected chi connectivity index (χ2v) is 5.45. The molecular formula is C18H18O5. The van der Waals surface area contributed by atoms with Crippen molar-refractivity contribution in [2.24, 2.45) is 0 Å². The number of benzene rings is 2. The summed E-state index contributed by atoms with van der Waals surface area (Å²) in [4.78, 5) is 12.1. The molecule has 0 saturated carbocycles. The van der Waals surface area contributed by atoms with Gasteiger partial charge in [-0.1, -0.05) is 18.2 Å². The molecule has 1 aliphatic rings. The lowest BCUT2D eigenvalue weighted by atomic mass is 9.88. The zero-order valence-electron chi connectivity index (χ0n) is 13.2. The maximum Gasteiger partial charge on any atom is 0.338 e. The zero-order chi connectivity index (χ0) is 16.6. The zero-order valence-corrected chi connectivity index (χ0v) is 13.2. The standard InChI is InChI=1S/C18H18O5/c1-10-8-15-13(9-14(10)19)16(18(22-3)23-15)11-6-4-5-7-12(11)17(20)21-2/h4-9,16,18-19H,1-3H3/t16-,18+/m1/s1. The normalized spacial score (nSPS) is 19.1. The third kappa shape index (κ3) is 2.53. The molecule has 2 aromatic rings. The van der Waals surface area contributed by atoms with Gasteiger partial charge in [-0.3, -0.25) is 0 Å². The lowest BCUT2D eigenvalue weighted by molar-refractivity contribution is -0.0472. The Hall–Kier alpha value is -2.53. The fraction of sp³-hybridized carbons (Fsp3) is 0.278. The van der Waals surface area contributed by atoms with Crippen molar-refractivity contribution in [2.45, 2.75) is 19.1 Å². The minimum atomic E-state index is -0.572. The highest BCUT2D eigenvalue weighted by molar-refractivity contribution is 5.91. The number of phenolic OH excluding ortho intramolecular Hbond substituents is 1. The van der Waals surface area contributed by atoms with Gasteiger partial charge in [0, 0.05) is 12.7 Å². The van der Waals surface area contributed by atoms with E-state index >= 15 is 0 Å². The van der Waals surface area contributed by atoms with Crippen molar-refractivity contribution in [1.82, 2.24) is 0 Å². The number of fused-ring (bicyclic) bond motifs is 1. The van der Waals surface area contributed by atoms with E-state index in [2.05, 4.69) is 0 Å². The van der Waals surface area contributed by atoms with Crippen LogP contribution in [0.1, 0.15) is 33.0 Å². The lowest BCUT2D eigenvalue weighted by Gasteiger charge is -2.20. The third-order valence-electron chi connectivity index (χ3n) is 4.11. The van der Waals surface area contributed by atoms with Crippen LogP contribution in [-0.2, 0) is 9.47 Å². The van der Waals surface area contributed by atoms with Gasteiger partial charge in [0.2, 0.25) is 6.29 Å². The van der Waals surface area contributed by atoms with E-state index in [4.69, 9.17) is 14.2 Å². The number of esters is 1. The Bertz CT molecular complexity index is 753. The van der Waals surface area contributed by atoms with Crippen LogP contribution in [0.3, 0.4) is 0 Å². The van der Waals surface area contributed by atoms with Crippen molar-refractivity contribution in [2.75, 3.05) is 14.2 Å². The molecule has 0 bridgehead atoms. The minimum absolute atomic E-state index is 0.185. The Labute approximate surface area is 134 Å². The molecule has 1 aliphatic heterocycles. The first-order chi connectivity index (χ1) is 11.1. The first-order valence-electron chi connectivity index (χ1n) is 7.27. The van der Waals surface area contributed by atoms with E-state index in [-0.39, 0.29) is 11.7 Å². The number of methoxy groups -OCH3 is 2. The second-order valence-electron chi connectivity index (χ2n) is 5.45. The summed E-state index contributed by atoms with van der Waals surface area (Å²) in [5, 5.41) is 10.0. The Morgan fingerprint density at radius 2 is 1.91 bits per heavy atom. The summed E-state index contributed by atoms with van der Waals surface area (Å²) >= 11 is 0. The predicted octanol–water partition coefficient (Wildman–Crippen LogP) is 2.98. The smallest absolute Gasteiger partial charge is 0.338 e. The van der Waals surface area contributed by atoms with Crippen molar-refractivity contribution >= 4 is 5.97 Å². The highest BCUT2D eigenvalue weighted by Crippen LogP contribution is 2.45. The summed E-state index contributed by atoms with van der Waals surface area (Å²) in [5.74, 6) is 0.0958. The molecule has 5 nitrogen and oxygen atoms in total. The third-order valence-corrected chi connectivity index (χ3v) is 4.11. The highest BCUT2D eigenvalue weighted by Gasteiger charge is 2.38. The molecule has 120 valence electrons. The first-order valence-corrected chi connectivity index (χ1v) is 7.27. The molecule has 3 rings (SSSR count). The van der Waals surface area contributed by atoms with E-state index in [1.807, 2.05) is 12.1 Å². The number of hydrogen-bond acceptors (Lipinski definition) is 5. The highest BCUT2D eigenvalue weighted by atomic mass is 16.7. The number of ether oxygens (including phenoxy) is 3. The van der Waals surface area contributed by atoms with Crippen molar-refractivity contribution in [3.05, 3.63) is 58.7 Å². The number of carbonyl (C=O) groups excluding carboxylic acids is 1. The molecule has 0 radical (unpaired) electrons. The molecule has 0 aromatic heterocycles. The fourth-order valence-corrected chi connectivity index (χ4v) is 2.93. The Morgan fingerprint density at radius 3 is 2.61 bits per heavy atom. The predicted molar refractivity (Wildman–Crippen MR) is 83.9 cm³/mol. The number of rotatable bonds is 3. The summed E-state index contributed by atoms with van der Waals surface area (Å²) in [7, 11) is 2.90. The minimum Gasteiger partial charge on any atom is -0.508 e. The average molecular weight is 314 g/mol. The van der Waals surface area contributed by atoms with Crippen LogP contribution in [0.2, 0.25) is 0 Å². The molecule has 2 atom stereocenters. The fourth-order valence-electron chi connectivity index (χ4n) is 2.93. The molecule has 0 fully saturated rings. The molecule has 0 aliphatic carbocycles. The van der Waals surface area contributed by atoms with Crippen molar-refractivity contribution in [3.8, 4) is 11.5 Å². The molecule has 0 spiro atoms. The van der Waals surface area contributed by atoms with Crippen LogP contribution in [0.15, 0.2) is 36.4 Å². The van der Waals surface area contributed by atoms with Gasteiger partial charge in [-0.2, -0.15) is 0 Å². The molecule has 23 heavy (non-hydrogen) atoms. The Kier molecular flexibility index (Phi) is 3.96.